The van der Waals surface area contributed by atoms with Gasteiger partial charge in [-0.05, 0) is 35.7 Å². The molecule has 0 bridgehead atoms. The highest BCUT2D eigenvalue weighted by atomic mass is 32.2. The zero-order valence-corrected chi connectivity index (χ0v) is 14.6. The van der Waals surface area contributed by atoms with E-state index >= 15 is 0 Å². The molecule has 0 aliphatic rings. The minimum absolute atomic E-state index is 0.138. The van der Waals surface area contributed by atoms with Crippen LogP contribution in [0.25, 0.3) is 0 Å². The van der Waals surface area contributed by atoms with Crippen LogP contribution < -0.4 is 10.0 Å². The van der Waals surface area contributed by atoms with Crippen molar-refractivity contribution >= 4 is 15.9 Å². The van der Waals surface area contributed by atoms with Crippen molar-refractivity contribution in [2.24, 2.45) is 5.92 Å². The van der Waals surface area contributed by atoms with E-state index in [2.05, 4.69) is 10.0 Å². The Morgan fingerprint density at radius 3 is 2.21 bits per heavy atom. The van der Waals surface area contributed by atoms with Gasteiger partial charge in [0, 0.05) is 18.7 Å². The highest BCUT2D eigenvalue weighted by Gasteiger charge is 2.14. The Kier molecular flexibility index (Phi) is 6.11. The molecule has 128 valence electrons. The van der Waals surface area contributed by atoms with E-state index in [1.54, 1.807) is 0 Å². The largest absolute Gasteiger partial charge is 0.352 e. The van der Waals surface area contributed by atoms with Gasteiger partial charge in [-0.3, -0.25) is 4.79 Å². The summed E-state index contributed by atoms with van der Waals surface area (Å²) < 4.78 is 27.1. The number of carbonyl (C=O) groups excluding carboxylic acids is 1. The Labute approximate surface area is 143 Å². The normalized spacial score (nSPS) is 11.5. The van der Waals surface area contributed by atoms with Crippen LogP contribution in [0.3, 0.4) is 0 Å². The van der Waals surface area contributed by atoms with Gasteiger partial charge in [0.05, 0.1) is 4.90 Å². The lowest BCUT2D eigenvalue weighted by Gasteiger charge is -2.09. The molecule has 0 atom stereocenters. The molecule has 0 spiro atoms. The van der Waals surface area contributed by atoms with E-state index in [9.17, 15) is 13.2 Å². The van der Waals surface area contributed by atoms with Crippen LogP contribution in [0.5, 0.6) is 0 Å². The molecule has 2 rings (SSSR count). The Morgan fingerprint density at radius 2 is 1.62 bits per heavy atom. The van der Waals surface area contributed by atoms with E-state index in [1.165, 1.54) is 24.3 Å². The maximum atomic E-state index is 12.3. The maximum absolute atomic E-state index is 12.3. The number of sulfonamides is 1. The molecule has 6 heteroatoms. The average Bonchev–Trinajstić information content (AvgIpc) is 2.59. The van der Waals surface area contributed by atoms with Crippen LogP contribution in [0, 0.1) is 5.92 Å². The van der Waals surface area contributed by atoms with E-state index in [4.69, 9.17) is 0 Å². The van der Waals surface area contributed by atoms with Gasteiger partial charge in [0.25, 0.3) is 5.91 Å². The van der Waals surface area contributed by atoms with Gasteiger partial charge in [0.15, 0.2) is 0 Å². The molecular weight excluding hydrogens is 324 g/mol. The fourth-order valence-corrected chi connectivity index (χ4v) is 3.06. The molecule has 0 saturated carbocycles. The lowest BCUT2D eigenvalue weighted by atomic mass is 10.2. The monoisotopic (exact) mass is 346 g/mol. The highest BCUT2D eigenvalue weighted by Crippen LogP contribution is 2.11. The van der Waals surface area contributed by atoms with Crippen LogP contribution in [0.1, 0.15) is 29.8 Å². The van der Waals surface area contributed by atoms with Gasteiger partial charge in [-0.1, -0.05) is 44.2 Å². The van der Waals surface area contributed by atoms with Crippen molar-refractivity contribution in [1.29, 1.82) is 0 Å². The zero-order chi connectivity index (χ0) is 17.6. The van der Waals surface area contributed by atoms with E-state index in [1.807, 2.05) is 44.2 Å². The van der Waals surface area contributed by atoms with Gasteiger partial charge >= 0.3 is 0 Å². The fraction of sp³-hybridized carbons (Fsp3) is 0.278. The Balaban J connectivity index is 2.02. The van der Waals surface area contributed by atoms with Crippen LogP contribution in [0.15, 0.2) is 59.5 Å². The number of rotatable bonds is 7. The first-order valence-electron chi connectivity index (χ1n) is 7.80. The first kappa shape index (κ1) is 18.2. The molecule has 0 aromatic heterocycles. The third-order valence-electron chi connectivity index (χ3n) is 3.41. The average molecular weight is 346 g/mol. The first-order chi connectivity index (χ1) is 11.4. The van der Waals surface area contributed by atoms with Gasteiger partial charge in [-0.25, -0.2) is 13.1 Å². The number of hydrogen-bond donors (Lipinski definition) is 2. The predicted octanol–water partition coefficient (Wildman–Crippen LogP) is 2.55. The Hall–Kier alpha value is -2.18. The fourth-order valence-electron chi connectivity index (χ4n) is 2.04. The smallest absolute Gasteiger partial charge is 0.251 e. The standard InChI is InChI=1S/C18H22N2O3S/c1-14(2)12-19-18(21)16-8-10-17(11-9-16)24(22,23)20-13-15-6-4-3-5-7-15/h3-11,14,20H,12-13H2,1-2H3,(H,19,21). The topological polar surface area (TPSA) is 75.3 Å². The summed E-state index contributed by atoms with van der Waals surface area (Å²) in [6.45, 7) is 4.82. The highest BCUT2D eigenvalue weighted by molar-refractivity contribution is 7.89. The lowest BCUT2D eigenvalue weighted by Crippen LogP contribution is -2.27. The van der Waals surface area contributed by atoms with Crippen molar-refractivity contribution in [2.75, 3.05) is 6.54 Å². The van der Waals surface area contributed by atoms with Crippen LogP contribution in [0.4, 0.5) is 0 Å². The molecule has 0 fully saturated rings. The van der Waals surface area contributed by atoms with Crippen molar-refractivity contribution < 1.29 is 13.2 Å². The SMILES string of the molecule is CC(C)CNC(=O)c1ccc(S(=O)(=O)NCc2ccccc2)cc1. The minimum atomic E-state index is -3.61. The first-order valence-corrected chi connectivity index (χ1v) is 9.28. The summed E-state index contributed by atoms with van der Waals surface area (Å²) in [6.07, 6.45) is 0. The number of benzene rings is 2. The molecule has 0 aliphatic heterocycles. The Morgan fingerprint density at radius 1 is 1.00 bits per heavy atom. The van der Waals surface area contributed by atoms with E-state index in [0.717, 1.165) is 5.56 Å². The second kappa shape index (κ2) is 8.08. The van der Waals surface area contributed by atoms with Crippen molar-refractivity contribution in [3.05, 3.63) is 65.7 Å². The maximum Gasteiger partial charge on any atom is 0.251 e. The third-order valence-corrected chi connectivity index (χ3v) is 4.82. The number of carbonyl (C=O) groups is 1. The lowest BCUT2D eigenvalue weighted by molar-refractivity contribution is 0.0949. The van der Waals surface area contributed by atoms with Crippen molar-refractivity contribution in [3.8, 4) is 0 Å². The van der Waals surface area contributed by atoms with Crippen molar-refractivity contribution in [1.82, 2.24) is 10.0 Å². The molecule has 2 aromatic carbocycles. The minimum Gasteiger partial charge on any atom is -0.352 e. The summed E-state index contributed by atoms with van der Waals surface area (Å²) in [5.74, 6) is 0.153. The molecule has 0 saturated heterocycles. The summed E-state index contributed by atoms with van der Waals surface area (Å²) >= 11 is 0. The Bertz CT molecular complexity index is 770. The van der Waals surface area contributed by atoms with E-state index < -0.39 is 10.0 Å². The summed E-state index contributed by atoms with van der Waals surface area (Å²) in [6, 6.07) is 15.2. The quantitative estimate of drug-likeness (QED) is 0.809. The van der Waals surface area contributed by atoms with Gasteiger partial charge < -0.3 is 5.32 Å². The molecule has 2 N–H and O–H groups in total. The number of amides is 1. The molecular formula is C18H22N2O3S. The van der Waals surface area contributed by atoms with Crippen molar-refractivity contribution in [3.63, 3.8) is 0 Å². The summed E-state index contributed by atoms with van der Waals surface area (Å²) in [5, 5.41) is 2.80. The number of hydrogen-bond acceptors (Lipinski definition) is 3. The molecule has 24 heavy (non-hydrogen) atoms. The molecule has 0 heterocycles. The number of nitrogens with one attached hydrogen (secondary N) is 2. The van der Waals surface area contributed by atoms with Crippen molar-refractivity contribution in [2.45, 2.75) is 25.3 Å². The third kappa shape index (κ3) is 5.18. The van der Waals surface area contributed by atoms with E-state index in [0.29, 0.717) is 18.0 Å². The molecule has 1 amide bonds. The predicted molar refractivity (Wildman–Crippen MR) is 94.1 cm³/mol. The molecule has 0 aliphatic carbocycles. The zero-order valence-electron chi connectivity index (χ0n) is 13.8. The van der Waals surface area contributed by atoms with Crippen LogP contribution in [0.2, 0.25) is 0 Å². The van der Waals surface area contributed by atoms with Crippen LogP contribution in [-0.2, 0) is 16.6 Å². The molecule has 0 radical (unpaired) electrons. The molecule has 5 nitrogen and oxygen atoms in total. The summed E-state index contributed by atoms with van der Waals surface area (Å²) in [5.41, 5.74) is 1.32. The summed E-state index contributed by atoms with van der Waals surface area (Å²) in [7, 11) is -3.61. The molecule has 0 unspecified atom stereocenters. The molecule has 2 aromatic rings. The van der Waals surface area contributed by atoms with Crippen LogP contribution in [-0.4, -0.2) is 20.9 Å². The van der Waals surface area contributed by atoms with E-state index in [-0.39, 0.29) is 17.3 Å². The second-order valence-electron chi connectivity index (χ2n) is 5.94. The van der Waals surface area contributed by atoms with Crippen LogP contribution >= 0.6 is 0 Å². The van der Waals surface area contributed by atoms with Gasteiger partial charge in [0.2, 0.25) is 10.0 Å². The van der Waals surface area contributed by atoms with Gasteiger partial charge in [-0.2, -0.15) is 0 Å². The summed E-state index contributed by atoms with van der Waals surface area (Å²) in [4.78, 5) is 12.1. The van der Waals surface area contributed by atoms with Gasteiger partial charge in [0.1, 0.15) is 0 Å². The second-order valence-corrected chi connectivity index (χ2v) is 7.71. The van der Waals surface area contributed by atoms with Gasteiger partial charge in [-0.15, -0.1) is 0 Å².